The molecule has 0 radical (unpaired) electrons. The Bertz CT molecular complexity index is 691. The van der Waals surface area contributed by atoms with Crippen molar-refractivity contribution in [3.05, 3.63) is 65.7 Å². The molecule has 0 aromatic rings. The van der Waals surface area contributed by atoms with Gasteiger partial charge in [0.2, 0.25) is 0 Å². The summed E-state index contributed by atoms with van der Waals surface area (Å²) >= 11 is -2.25. The summed E-state index contributed by atoms with van der Waals surface area (Å²) in [5.41, 5.74) is 3.56. The van der Waals surface area contributed by atoms with Gasteiger partial charge in [0.1, 0.15) is 0 Å². The molecule has 26 heavy (non-hydrogen) atoms. The fraction of sp³-hybridized carbons (Fsp3) is 0.455. The van der Waals surface area contributed by atoms with E-state index >= 15 is 0 Å². The van der Waals surface area contributed by atoms with E-state index in [0.717, 1.165) is 5.54 Å². The molecule has 0 saturated carbocycles. The van der Waals surface area contributed by atoms with Crippen LogP contribution in [0.25, 0.3) is 0 Å². The molecule has 2 rings (SSSR count). The third-order valence-corrected chi connectivity index (χ3v) is 44.3. The standard InChI is InChI=1S/2C9H13Si.C4H11Si.Hf/c2*1-8-5-6-9(7-8)10(2,3)4;1-4(2)5-3;/h2*5-6H,1H2,2-4H3;4-5H,1-3H3;. The van der Waals surface area contributed by atoms with Crippen LogP contribution in [-0.4, -0.2) is 22.1 Å². The summed E-state index contributed by atoms with van der Waals surface area (Å²) in [6.45, 7) is 31.7. The van der Waals surface area contributed by atoms with E-state index < -0.39 is 42.7 Å². The number of allylic oxidation sites excluding steroid dienone is 10. The van der Waals surface area contributed by atoms with E-state index in [9.17, 15) is 0 Å². The summed E-state index contributed by atoms with van der Waals surface area (Å²) in [5.74, 6) is -0.854. The topological polar surface area (TPSA) is 0 Å². The van der Waals surface area contributed by atoms with Gasteiger partial charge in [0.05, 0.1) is 0 Å². The molecule has 0 unspecified atom stereocenters. The van der Waals surface area contributed by atoms with Crippen molar-refractivity contribution in [2.45, 2.75) is 65.2 Å². The quantitative estimate of drug-likeness (QED) is 0.309. The van der Waals surface area contributed by atoms with Crippen molar-refractivity contribution in [3.8, 4) is 0 Å². The molecule has 1 atom stereocenters. The van der Waals surface area contributed by atoms with Gasteiger partial charge in [-0.15, -0.1) is 0 Å². The third kappa shape index (κ3) is 4.34. The Morgan fingerprint density at radius 2 is 1.12 bits per heavy atom. The molecular weight excluding hydrogens is 527 g/mol. The minimum atomic E-state index is -2.25. The van der Waals surface area contributed by atoms with Crippen LogP contribution in [0.2, 0.25) is 51.4 Å². The van der Waals surface area contributed by atoms with Gasteiger partial charge in [0.25, 0.3) is 0 Å². The second kappa shape index (κ2) is 7.76. The van der Waals surface area contributed by atoms with Crippen molar-refractivity contribution in [2.24, 2.45) is 0 Å². The molecule has 4 heteroatoms. The minimum absolute atomic E-state index is 0.852. The zero-order valence-corrected chi connectivity index (χ0v) is 25.1. The first-order valence-corrected chi connectivity index (χ1v) is 29.1. The van der Waals surface area contributed by atoms with Gasteiger partial charge in [-0.2, -0.15) is 0 Å². The van der Waals surface area contributed by atoms with Crippen LogP contribution in [0, 0.1) is 0 Å². The Morgan fingerprint density at radius 3 is 1.38 bits per heavy atom. The van der Waals surface area contributed by atoms with Crippen molar-refractivity contribution < 1.29 is 20.6 Å². The number of rotatable bonds is 6. The van der Waals surface area contributed by atoms with Gasteiger partial charge >= 0.3 is 174 Å². The summed E-state index contributed by atoms with van der Waals surface area (Å²) in [4.78, 5) is 0. The molecule has 0 aromatic carbocycles. The maximum atomic E-state index is 4.54. The fourth-order valence-electron chi connectivity index (χ4n) is 3.85. The van der Waals surface area contributed by atoms with E-state index in [-0.39, 0.29) is 0 Å². The second-order valence-corrected chi connectivity index (χ2v) is 44.3. The Hall–Kier alpha value is -0.0392. The van der Waals surface area contributed by atoms with Crippen LogP contribution >= 0.6 is 0 Å². The zero-order chi connectivity index (χ0) is 20.0. The Balaban J connectivity index is 2.78. The van der Waals surface area contributed by atoms with Crippen LogP contribution in [0.1, 0.15) is 13.8 Å². The molecule has 0 amide bonds. The summed E-state index contributed by atoms with van der Waals surface area (Å²) in [7, 11) is -2.73. The molecule has 0 bridgehead atoms. The van der Waals surface area contributed by atoms with E-state index in [1.807, 2.05) is 0 Å². The van der Waals surface area contributed by atoms with Gasteiger partial charge in [-0.1, -0.05) is 0 Å². The molecule has 0 N–H and O–H groups in total. The second-order valence-electron chi connectivity index (χ2n) is 10.2. The van der Waals surface area contributed by atoms with Crippen molar-refractivity contribution in [3.63, 3.8) is 0 Å². The molecule has 0 aliphatic heterocycles. The summed E-state index contributed by atoms with van der Waals surface area (Å²) < 4.78 is 3.58. The van der Waals surface area contributed by atoms with Crippen molar-refractivity contribution >= 4 is 22.1 Å². The van der Waals surface area contributed by atoms with Crippen LogP contribution in [0.3, 0.4) is 0 Å². The molecule has 0 aromatic heterocycles. The van der Waals surface area contributed by atoms with E-state index in [0.29, 0.717) is 0 Å². The molecule has 2 aliphatic carbocycles. The van der Waals surface area contributed by atoms with E-state index in [2.05, 4.69) is 97.1 Å². The average molecular weight is 564 g/mol. The summed E-state index contributed by atoms with van der Waals surface area (Å²) in [5, 5.41) is 3.43. The van der Waals surface area contributed by atoms with E-state index in [1.54, 1.807) is 17.1 Å². The van der Waals surface area contributed by atoms with Crippen molar-refractivity contribution in [1.29, 1.82) is 0 Å². The van der Waals surface area contributed by atoms with Crippen LogP contribution in [-0.2, 0) is 20.6 Å². The normalized spacial score (nSPS) is 19.5. The fourth-order valence-corrected chi connectivity index (χ4v) is 50.3. The predicted molar refractivity (Wildman–Crippen MR) is 125 cm³/mol. The first-order chi connectivity index (χ1) is 11.8. The molecule has 0 spiro atoms. The zero-order valence-electron chi connectivity index (χ0n) is 18.4. The van der Waals surface area contributed by atoms with Gasteiger partial charge in [-0.3, -0.25) is 0 Å². The van der Waals surface area contributed by atoms with Crippen LogP contribution < -0.4 is 0 Å². The first kappa shape index (κ1) is 22.3. The van der Waals surface area contributed by atoms with Gasteiger partial charge in [0.15, 0.2) is 0 Å². The molecule has 141 valence electrons. The van der Waals surface area contributed by atoms with Gasteiger partial charge in [-0.25, -0.2) is 0 Å². The summed E-state index contributed by atoms with van der Waals surface area (Å²) in [6.07, 6.45) is 9.54. The van der Waals surface area contributed by atoms with Gasteiger partial charge in [0, 0.05) is 0 Å². The van der Waals surface area contributed by atoms with Crippen LogP contribution in [0.4, 0.5) is 0 Å². The van der Waals surface area contributed by atoms with Crippen molar-refractivity contribution in [1.82, 2.24) is 0 Å². The number of hydrogen-bond acceptors (Lipinski definition) is 0. The first-order valence-electron chi connectivity index (χ1n) is 9.88. The monoisotopic (exact) mass is 565 g/mol. The van der Waals surface area contributed by atoms with E-state index in [4.69, 9.17) is 0 Å². The summed E-state index contributed by atoms with van der Waals surface area (Å²) in [6, 6.07) is 0. The van der Waals surface area contributed by atoms with Gasteiger partial charge < -0.3 is 0 Å². The SMILES string of the molecule is C=C1C=CC([Si](C)(C)C)=[C]1[Hf]([C]1=C([Si](C)(C)C)C=CC1=C)[Si@H](C)C(C)C. The van der Waals surface area contributed by atoms with E-state index in [1.165, 1.54) is 11.1 Å². The van der Waals surface area contributed by atoms with Crippen molar-refractivity contribution in [2.75, 3.05) is 0 Å². The van der Waals surface area contributed by atoms with Gasteiger partial charge in [-0.05, 0) is 0 Å². The Morgan fingerprint density at radius 1 is 0.769 bits per heavy atom. The molecule has 0 heterocycles. The molecule has 2 aliphatic rings. The Kier molecular flexibility index (Phi) is 6.65. The maximum absolute atomic E-state index is 4.54. The molecular formula is C22H37HfSi3. The Labute approximate surface area is 172 Å². The molecule has 0 fully saturated rings. The third-order valence-electron chi connectivity index (χ3n) is 5.69. The average Bonchev–Trinajstić information content (AvgIpc) is 3.03. The predicted octanol–water partition coefficient (Wildman–Crippen LogP) is 6.88. The number of hydrogen-bond donors (Lipinski definition) is 0. The van der Waals surface area contributed by atoms with Crippen LogP contribution in [0.15, 0.2) is 65.7 Å². The van der Waals surface area contributed by atoms with Crippen LogP contribution in [0.5, 0.6) is 0 Å². The molecule has 0 nitrogen and oxygen atoms in total. The molecule has 0 saturated heterocycles.